The van der Waals surface area contributed by atoms with Crippen LogP contribution in [0.5, 0.6) is 5.75 Å². The molecule has 4 nitrogen and oxygen atoms in total. The Morgan fingerprint density at radius 2 is 2.10 bits per heavy atom. The van der Waals surface area contributed by atoms with E-state index in [0.717, 1.165) is 0 Å². The summed E-state index contributed by atoms with van der Waals surface area (Å²) < 4.78 is 40.6. The maximum atomic E-state index is 11.9. The van der Waals surface area contributed by atoms with Crippen molar-refractivity contribution in [1.29, 1.82) is 0 Å². The molecule has 0 spiro atoms. The third-order valence-electron chi connectivity index (χ3n) is 2.06. The molecule has 0 aliphatic carbocycles. The number of alkyl halides is 3. The number of carbonyl (C=O) groups excluding carboxylic acids is 1. The standard InChI is InChI=1S/C11H10ClF3N2O2S/c12-7-3-6(10(16)20)1-2-8(7)19-4-9(18)17-5-11(13,14)15/h1-3H,4-5H2,(H2,16,20)(H,17,18). The Hall–Kier alpha value is -1.54. The molecule has 0 aliphatic rings. The summed E-state index contributed by atoms with van der Waals surface area (Å²) in [7, 11) is 0. The van der Waals surface area contributed by atoms with Crippen LogP contribution in [0.25, 0.3) is 0 Å². The quantitative estimate of drug-likeness (QED) is 0.813. The van der Waals surface area contributed by atoms with Gasteiger partial charge < -0.3 is 15.8 Å². The van der Waals surface area contributed by atoms with E-state index in [1.165, 1.54) is 18.2 Å². The van der Waals surface area contributed by atoms with Gasteiger partial charge in [-0.05, 0) is 18.2 Å². The van der Waals surface area contributed by atoms with Crippen molar-refractivity contribution < 1.29 is 22.7 Å². The lowest BCUT2D eigenvalue weighted by Crippen LogP contribution is -2.36. The monoisotopic (exact) mass is 326 g/mol. The second kappa shape index (κ2) is 6.76. The van der Waals surface area contributed by atoms with E-state index in [4.69, 9.17) is 34.3 Å². The molecule has 9 heteroatoms. The Labute approximate surface area is 123 Å². The molecule has 1 aromatic rings. The summed E-state index contributed by atoms with van der Waals surface area (Å²) in [6, 6.07) is 4.39. The molecular formula is C11H10ClF3N2O2S. The lowest BCUT2D eigenvalue weighted by molar-refractivity contribution is -0.139. The van der Waals surface area contributed by atoms with Crippen LogP contribution in [0.15, 0.2) is 18.2 Å². The van der Waals surface area contributed by atoms with Gasteiger partial charge in [-0.15, -0.1) is 0 Å². The number of ether oxygens (including phenoxy) is 1. The van der Waals surface area contributed by atoms with Gasteiger partial charge in [0.25, 0.3) is 5.91 Å². The first-order chi connectivity index (χ1) is 9.19. The van der Waals surface area contributed by atoms with Gasteiger partial charge >= 0.3 is 6.18 Å². The molecule has 1 rings (SSSR count). The summed E-state index contributed by atoms with van der Waals surface area (Å²) in [5, 5.41) is 1.82. The van der Waals surface area contributed by atoms with E-state index in [2.05, 4.69) is 0 Å². The van der Waals surface area contributed by atoms with Crippen molar-refractivity contribution in [2.75, 3.05) is 13.2 Å². The normalized spacial score (nSPS) is 11.0. The lowest BCUT2D eigenvalue weighted by Gasteiger charge is -2.11. The fraction of sp³-hybridized carbons (Fsp3) is 0.273. The van der Waals surface area contributed by atoms with E-state index in [1.807, 2.05) is 0 Å². The molecule has 0 heterocycles. The zero-order valence-corrected chi connectivity index (χ0v) is 11.5. The molecule has 20 heavy (non-hydrogen) atoms. The molecule has 3 N–H and O–H groups in total. The van der Waals surface area contributed by atoms with Crippen molar-refractivity contribution in [2.45, 2.75) is 6.18 Å². The summed E-state index contributed by atoms with van der Waals surface area (Å²) in [5.74, 6) is -0.759. The van der Waals surface area contributed by atoms with E-state index in [0.29, 0.717) is 5.56 Å². The van der Waals surface area contributed by atoms with Crippen LogP contribution >= 0.6 is 23.8 Å². The van der Waals surface area contributed by atoms with Gasteiger partial charge in [-0.1, -0.05) is 23.8 Å². The fourth-order valence-electron chi connectivity index (χ4n) is 1.16. The predicted molar refractivity (Wildman–Crippen MR) is 71.9 cm³/mol. The second-order valence-electron chi connectivity index (χ2n) is 3.69. The van der Waals surface area contributed by atoms with Gasteiger partial charge in [-0.2, -0.15) is 13.2 Å². The predicted octanol–water partition coefficient (Wildman–Crippen LogP) is 2.03. The number of hydrogen-bond donors (Lipinski definition) is 2. The topological polar surface area (TPSA) is 64.3 Å². The Balaban J connectivity index is 2.54. The van der Waals surface area contributed by atoms with E-state index < -0.39 is 25.2 Å². The average molecular weight is 327 g/mol. The number of thiocarbonyl (C=S) groups is 1. The number of nitrogens with two attached hydrogens (primary N) is 1. The van der Waals surface area contributed by atoms with E-state index >= 15 is 0 Å². The highest BCUT2D eigenvalue weighted by Gasteiger charge is 2.27. The number of amides is 1. The molecular weight excluding hydrogens is 317 g/mol. The first-order valence-corrected chi connectivity index (χ1v) is 6.03. The third kappa shape index (κ3) is 5.62. The van der Waals surface area contributed by atoms with Gasteiger partial charge in [0.15, 0.2) is 6.61 Å². The van der Waals surface area contributed by atoms with E-state index in [9.17, 15) is 18.0 Å². The van der Waals surface area contributed by atoms with Crippen LogP contribution in [0, 0.1) is 0 Å². The van der Waals surface area contributed by atoms with Gasteiger partial charge in [0.2, 0.25) is 0 Å². The van der Waals surface area contributed by atoms with Gasteiger partial charge in [0.1, 0.15) is 17.3 Å². The molecule has 0 fully saturated rings. The van der Waals surface area contributed by atoms with E-state index in [-0.39, 0.29) is 15.8 Å². The second-order valence-corrected chi connectivity index (χ2v) is 4.54. The molecule has 0 saturated carbocycles. The van der Waals surface area contributed by atoms with Gasteiger partial charge in [0.05, 0.1) is 5.02 Å². The van der Waals surface area contributed by atoms with Gasteiger partial charge in [-0.25, -0.2) is 0 Å². The first-order valence-electron chi connectivity index (χ1n) is 5.24. The maximum absolute atomic E-state index is 11.9. The van der Waals surface area contributed by atoms with Crippen molar-refractivity contribution >= 4 is 34.7 Å². The Morgan fingerprint density at radius 3 is 2.60 bits per heavy atom. The molecule has 0 aliphatic heterocycles. The highest BCUT2D eigenvalue weighted by molar-refractivity contribution is 7.80. The summed E-state index contributed by atoms with van der Waals surface area (Å²) in [6.45, 7) is -1.99. The summed E-state index contributed by atoms with van der Waals surface area (Å²) in [4.78, 5) is 11.3. The van der Waals surface area contributed by atoms with Crippen molar-refractivity contribution in [3.05, 3.63) is 28.8 Å². The van der Waals surface area contributed by atoms with Crippen molar-refractivity contribution in [1.82, 2.24) is 5.32 Å². The van der Waals surface area contributed by atoms with Crippen molar-refractivity contribution in [2.24, 2.45) is 5.73 Å². The van der Waals surface area contributed by atoms with Crippen LogP contribution in [0.2, 0.25) is 5.02 Å². The van der Waals surface area contributed by atoms with Crippen LogP contribution < -0.4 is 15.8 Å². The number of benzene rings is 1. The Kier molecular flexibility index (Phi) is 5.58. The molecule has 110 valence electrons. The molecule has 0 aromatic heterocycles. The summed E-state index contributed by atoms with van der Waals surface area (Å²) in [5.41, 5.74) is 5.91. The van der Waals surface area contributed by atoms with Crippen molar-refractivity contribution in [3.8, 4) is 5.75 Å². The van der Waals surface area contributed by atoms with Crippen LogP contribution in [-0.2, 0) is 4.79 Å². The zero-order valence-electron chi connectivity index (χ0n) is 9.96. The minimum absolute atomic E-state index is 0.140. The Morgan fingerprint density at radius 1 is 1.45 bits per heavy atom. The minimum atomic E-state index is -4.47. The van der Waals surface area contributed by atoms with Gasteiger partial charge in [0, 0.05) is 5.56 Å². The highest BCUT2D eigenvalue weighted by atomic mass is 35.5. The number of halogens is 4. The van der Waals surface area contributed by atoms with Crippen LogP contribution in [0.4, 0.5) is 13.2 Å². The molecule has 0 bridgehead atoms. The van der Waals surface area contributed by atoms with Gasteiger partial charge in [-0.3, -0.25) is 4.79 Å². The lowest BCUT2D eigenvalue weighted by atomic mass is 10.2. The minimum Gasteiger partial charge on any atom is -0.482 e. The molecule has 0 unspecified atom stereocenters. The SMILES string of the molecule is NC(=S)c1ccc(OCC(=O)NCC(F)(F)F)c(Cl)c1. The molecule has 0 radical (unpaired) electrons. The summed E-state index contributed by atoms with van der Waals surface area (Å²) in [6.07, 6.45) is -4.47. The van der Waals surface area contributed by atoms with Crippen LogP contribution in [0.1, 0.15) is 5.56 Å². The smallest absolute Gasteiger partial charge is 0.405 e. The number of rotatable bonds is 5. The Bertz CT molecular complexity index is 523. The zero-order chi connectivity index (χ0) is 15.3. The van der Waals surface area contributed by atoms with Crippen LogP contribution in [0.3, 0.4) is 0 Å². The number of hydrogen-bond acceptors (Lipinski definition) is 3. The highest BCUT2D eigenvalue weighted by Crippen LogP contribution is 2.25. The van der Waals surface area contributed by atoms with E-state index in [1.54, 1.807) is 5.32 Å². The molecule has 1 aromatic carbocycles. The molecule has 1 amide bonds. The number of nitrogens with one attached hydrogen (secondary N) is 1. The largest absolute Gasteiger partial charge is 0.482 e. The van der Waals surface area contributed by atoms with Crippen LogP contribution in [-0.4, -0.2) is 30.2 Å². The first kappa shape index (κ1) is 16.5. The molecule has 0 saturated heterocycles. The number of carbonyl (C=O) groups is 1. The summed E-state index contributed by atoms with van der Waals surface area (Å²) >= 11 is 10.6. The average Bonchev–Trinajstić information content (AvgIpc) is 2.33. The third-order valence-corrected chi connectivity index (χ3v) is 2.59. The van der Waals surface area contributed by atoms with Crippen molar-refractivity contribution in [3.63, 3.8) is 0 Å². The fourth-order valence-corrected chi connectivity index (χ4v) is 1.53. The molecule has 0 atom stereocenters. The maximum Gasteiger partial charge on any atom is 0.405 e.